The molecule has 2 aromatic rings. The second kappa shape index (κ2) is 10.1. The van der Waals surface area contributed by atoms with Crippen LogP contribution in [0.2, 0.25) is 0 Å². The van der Waals surface area contributed by atoms with E-state index in [1.54, 1.807) is 24.3 Å². The molecule has 1 aliphatic rings. The first-order valence-corrected chi connectivity index (χ1v) is 9.49. The quantitative estimate of drug-likeness (QED) is 0.775. The number of amides is 2. The van der Waals surface area contributed by atoms with E-state index in [1.807, 2.05) is 18.7 Å². The third-order valence-corrected chi connectivity index (χ3v) is 4.82. The zero-order valence-electron chi connectivity index (χ0n) is 16.7. The van der Waals surface area contributed by atoms with Gasteiger partial charge in [-0.15, -0.1) is 12.4 Å². The summed E-state index contributed by atoms with van der Waals surface area (Å²) in [5.41, 5.74) is 8.27. The lowest BCUT2D eigenvalue weighted by Gasteiger charge is -2.26. The first kappa shape index (κ1) is 22.5. The number of benzene rings is 1. The molecule has 1 aromatic carbocycles. The monoisotopic (exact) mass is 418 g/mol. The van der Waals surface area contributed by atoms with Crippen LogP contribution >= 0.6 is 12.4 Å². The minimum absolute atomic E-state index is 0. The number of nitrogen functional groups attached to an aromatic ring is 1. The molecule has 7 nitrogen and oxygen atoms in total. The summed E-state index contributed by atoms with van der Waals surface area (Å²) in [5, 5.41) is 2.79. The van der Waals surface area contributed by atoms with Gasteiger partial charge in [-0.2, -0.15) is 0 Å². The van der Waals surface area contributed by atoms with Crippen molar-refractivity contribution in [3.8, 4) is 5.75 Å². The topological polar surface area (TPSA) is 97.5 Å². The van der Waals surface area contributed by atoms with Gasteiger partial charge < -0.3 is 20.7 Å². The van der Waals surface area contributed by atoms with Gasteiger partial charge in [-0.05, 0) is 68.5 Å². The molecule has 0 atom stereocenters. The van der Waals surface area contributed by atoms with Crippen molar-refractivity contribution >= 4 is 35.7 Å². The predicted molar refractivity (Wildman–Crippen MR) is 116 cm³/mol. The summed E-state index contributed by atoms with van der Waals surface area (Å²) >= 11 is 0. The van der Waals surface area contributed by atoms with Crippen molar-refractivity contribution in [3.05, 3.63) is 47.2 Å². The third-order valence-electron chi connectivity index (χ3n) is 4.82. The smallest absolute Gasteiger partial charge is 0.260 e. The molecule has 3 rings (SSSR count). The molecular formula is C21H27ClN4O3. The largest absolute Gasteiger partial charge is 0.483 e. The van der Waals surface area contributed by atoms with Crippen LogP contribution in [0.5, 0.6) is 5.75 Å². The number of hydrogen-bond donors (Lipinski definition) is 2. The molecule has 156 valence electrons. The fourth-order valence-electron chi connectivity index (χ4n) is 3.36. The third kappa shape index (κ3) is 5.84. The van der Waals surface area contributed by atoms with E-state index in [2.05, 4.69) is 10.3 Å². The van der Waals surface area contributed by atoms with E-state index in [0.717, 1.165) is 37.1 Å². The summed E-state index contributed by atoms with van der Waals surface area (Å²) in [7, 11) is 0. The standard InChI is InChI=1S/C21H26N4O3.ClH/c1-14-10-16(21(27)24-17-6-7-18(22)23-12-17)11-15(2)20(14)28-13-19(26)25-8-4-3-5-9-25;/h6-7,10-12H,3-5,8-9,13H2,1-2H3,(H2,22,23)(H,24,27);1H. The molecule has 8 heteroatoms. The number of nitrogens with two attached hydrogens (primary N) is 1. The van der Waals surface area contributed by atoms with Gasteiger partial charge in [0, 0.05) is 18.7 Å². The number of hydrogen-bond acceptors (Lipinski definition) is 5. The number of anilines is 2. The number of carbonyl (C=O) groups is 2. The van der Waals surface area contributed by atoms with Gasteiger partial charge in [0.25, 0.3) is 11.8 Å². The fraction of sp³-hybridized carbons (Fsp3) is 0.381. The highest BCUT2D eigenvalue weighted by molar-refractivity contribution is 6.04. The number of likely N-dealkylation sites (tertiary alicyclic amines) is 1. The molecule has 0 radical (unpaired) electrons. The van der Waals surface area contributed by atoms with Crippen LogP contribution in [0.1, 0.15) is 40.7 Å². The Hall–Kier alpha value is -2.80. The molecule has 0 spiro atoms. The summed E-state index contributed by atoms with van der Waals surface area (Å²) in [6.45, 7) is 5.37. The van der Waals surface area contributed by atoms with E-state index >= 15 is 0 Å². The average Bonchev–Trinajstić information content (AvgIpc) is 2.69. The number of pyridine rings is 1. The van der Waals surface area contributed by atoms with E-state index < -0.39 is 0 Å². The Kier molecular flexibility index (Phi) is 7.84. The van der Waals surface area contributed by atoms with E-state index in [4.69, 9.17) is 10.5 Å². The Morgan fingerprint density at radius 3 is 2.38 bits per heavy atom. The minimum Gasteiger partial charge on any atom is -0.483 e. The molecule has 0 aliphatic carbocycles. The van der Waals surface area contributed by atoms with E-state index in [0.29, 0.717) is 22.8 Å². The van der Waals surface area contributed by atoms with Crippen LogP contribution < -0.4 is 15.8 Å². The van der Waals surface area contributed by atoms with Gasteiger partial charge in [0.2, 0.25) is 0 Å². The zero-order chi connectivity index (χ0) is 20.1. The van der Waals surface area contributed by atoms with Gasteiger partial charge in [-0.25, -0.2) is 4.98 Å². The Morgan fingerprint density at radius 1 is 1.14 bits per heavy atom. The van der Waals surface area contributed by atoms with Crippen molar-refractivity contribution in [1.29, 1.82) is 0 Å². The van der Waals surface area contributed by atoms with Gasteiger partial charge in [-0.1, -0.05) is 0 Å². The van der Waals surface area contributed by atoms with Crippen LogP contribution in [0, 0.1) is 13.8 Å². The van der Waals surface area contributed by atoms with Gasteiger partial charge >= 0.3 is 0 Å². The van der Waals surface area contributed by atoms with Crippen molar-refractivity contribution in [1.82, 2.24) is 9.88 Å². The molecule has 1 aromatic heterocycles. The SMILES string of the molecule is Cc1cc(C(=O)Nc2ccc(N)nc2)cc(C)c1OCC(=O)N1CCCCC1.Cl. The number of aromatic nitrogens is 1. The molecule has 1 saturated heterocycles. The lowest BCUT2D eigenvalue weighted by Crippen LogP contribution is -2.38. The normalized spacial score (nSPS) is 13.4. The summed E-state index contributed by atoms with van der Waals surface area (Å²) in [5.74, 6) is 0.811. The van der Waals surface area contributed by atoms with E-state index in [9.17, 15) is 9.59 Å². The molecule has 29 heavy (non-hydrogen) atoms. The molecule has 2 amide bonds. The second-order valence-electron chi connectivity index (χ2n) is 7.10. The maximum absolute atomic E-state index is 12.5. The number of carbonyl (C=O) groups excluding carboxylic acids is 2. The van der Waals surface area contributed by atoms with Gasteiger partial charge in [0.1, 0.15) is 11.6 Å². The number of rotatable bonds is 5. The number of ether oxygens (including phenoxy) is 1. The van der Waals surface area contributed by atoms with Crippen molar-refractivity contribution < 1.29 is 14.3 Å². The fourth-order valence-corrected chi connectivity index (χ4v) is 3.36. The van der Waals surface area contributed by atoms with Gasteiger partial charge in [0.05, 0.1) is 11.9 Å². The minimum atomic E-state index is -0.242. The maximum atomic E-state index is 12.5. The molecule has 1 fully saturated rings. The Bertz CT molecular complexity index is 842. The molecule has 1 aliphatic heterocycles. The molecule has 0 bridgehead atoms. The molecule has 0 unspecified atom stereocenters. The van der Waals surface area contributed by atoms with Crippen molar-refractivity contribution in [2.24, 2.45) is 0 Å². The summed E-state index contributed by atoms with van der Waals surface area (Å²) < 4.78 is 5.80. The van der Waals surface area contributed by atoms with Crippen molar-refractivity contribution in [2.75, 3.05) is 30.7 Å². The highest BCUT2D eigenvalue weighted by Crippen LogP contribution is 2.25. The van der Waals surface area contributed by atoms with E-state index in [1.165, 1.54) is 12.6 Å². The maximum Gasteiger partial charge on any atom is 0.260 e. The summed E-state index contributed by atoms with van der Waals surface area (Å²) in [6.07, 6.45) is 4.80. The molecule has 0 saturated carbocycles. The Morgan fingerprint density at radius 2 is 1.79 bits per heavy atom. The lowest BCUT2D eigenvalue weighted by molar-refractivity contribution is -0.134. The van der Waals surface area contributed by atoms with Gasteiger partial charge in [0.15, 0.2) is 6.61 Å². The number of halogens is 1. The number of aryl methyl sites for hydroxylation is 2. The highest BCUT2D eigenvalue weighted by Gasteiger charge is 2.18. The molecular weight excluding hydrogens is 392 g/mol. The number of nitrogens with zero attached hydrogens (tertiary/aromatic N) is 2. The Balaban J connectivity index is 0.00000300. The first-order chi connectivity index (χ1) is 13.4. The number of piperidine rings is 1. The Labute approximate surface area is 177 Å². The molecule has 2 heterocycles. The van der Waals surface area contributed by atoms with Crippen LogP contribution in [-0.2, 0) is 4.79 Å². The van der Waals surface area contributed by atoms with Crippen molar-refractivity contribution in [2.45, 2.75) is 33.1 Å². The molecule has 3 N–H and O–H groups in total. The lowest BCUT2D eigenvalue weighted by atomic mass is 10.0. The first-order valence-electron chi connectivity index (χ1n) is 9.49. The predicted octanol–water partition coefficient (Wildman–Crippen LogP) is 3.35. The van der Waals surface area contributed by atoms with Crippen molar-refractivity contribution in [3.63, 3.8) is 0 Å². The zero-order valence-corrected chi connectivity index (χ0v) is 17.6. The second-order valence-corrected chi connectivity index (χ2v) is 7.10. The summed E-state index contributed by atoms with van der Waals surface area (Å²) in [6, 6.07) is 6.84. The van der Waals surface area contributed by atoms with Crippen LogP contribution in [0.25, 0.3) is 0 Å². The highest BCUT2D eigenvalue weighted by atomic mass is 35.5. The van der Waals surface area contributed by atoms with Crippen LogP contribution in [0.15, 0.2) is 30.5 Å². The number of nitrogens with one attached hydrogen (secondary N) is 1. The van der Waals surface area contributed by atoms with Crippen LogP contribution in [0.3, 0.4) is 0 Å². The average molecular weight is 419 g/mol. The summed E-state index contributed by atoms with van der Waals surface area (Å²) in [4.78, 5) is 30.7. The van der Waals surface area contributed by atoms with Crippen LogP contribution in [-0.4, -0.2) is 41.4 Å². The van der Waals surface area contributed by atoms with Crippen LogP contribution in [0.4, 0.5) is 11.5 Å². The van der Waals surface area contributed by atoms with E-state index in [-0.39, 0.29) is 30.8 Å². The van der Waals surface area contributed by atoms with Gasteiger partial charge in [-0.3, -0.25) is 9.59 Å².